The Hall–Kier alpha value is -1.62. The van der Waals surface area contributed by atoms with E-state index in [9.17, 15) is 5.11 Å². The first-order valence-electron chi connectivity index (χ1n) is 9.22. The minimum atomic E-state index is -0.276. The lowest BCUT2D eigenvalue weighted by Crippen LogP contribution is -2.35. The van der Waals surface area contributed by atoms with Crippen molar-refractivity contribution in [3.8, 4) is 0 Å². The van der Waals surface area contributed by atoms with Crippen LogP contribution in [0.1, 0.15) is 36.6 Å². The van der Waals surface area contributed by atoms with Crippen LogP contribution in [0.15, 0.2) is 42.6 Å². The molecule has 0 aliphatic carbocycles. The van der Waals surface area contributed by atoms with E-state index >= 15 is 0 Å². The highest BCUT2D eigenvalue weighted by Crippen LogP contribution is 2.14. The average molecular weight is 344 g/mol. The highest BCUT2D eigenvalue weighted by Gasteiger charge is 2.14. The van der Waals surface area contributed by atoms with Crippen LogP contribution in [0.5, 0.6) is 0 Å². The van der Waals surface area contributed by atoms with E-state index < -0.39 is 0 Å². The van der Waals surface area contributed by atoms with Crippen molar-refractivity contribution in [2.75, 3.05) is 26.8 Å². The molecule has 0 fully saturated rings. The van der Waals surface area contributed by atoms with Gasteiger partial charge in [0.2, 0.25) is 0 Å². The third-order valence-electron chi connectivity index (χ3n) is 4.61. The summed E-state index contributed by atoms with van der Waals surface area (Å²) in [6.07, 6.45) is 3.71. The maximum atomic E-state index is 10.2. The number of aliphatic hydroxyl groups excluding tert-OH is 1. The van der Waals surface area contributed by atoms with Crippen LogP contribution in [0.2, 0.25) is 0 Å². The first-order chi connectivity index (χ1) is 12.1. The van der Waals surface area contributed by atoms with Crippen molar-refractivity contribution < 1.29 is 9.84 Å². The topological polar surface area (TPSA) is 37.6 Å². The highest BCUT2D eigenvalue weighted by molar-refractivity contribution is 5.26. The number of benzene rings is 1. The van der Waals surface area contributed by atoms with Crippen molar-refractivity contribution in [1.29, 1.82) is 0 Å². The minimum Gasteiger partial charge on any atom is -0.392 e. The molecule has 1 atom stereocenters. The molecule has 1 aromatic carbocycles. The van der Waals surface area contributed by atoms with Crippen molar-refractivity contribution in [2.45, 2.75) is 45.9 Å². The maximum absolute atomic E-state index is 10.2. The molecular weight excluding hydrogens is 312 g/mol. The lowest BCUT2D eigenvalue weighted by atomic mass is 10.1. The lowest BCUT2D eigenvalue weighted by molar-refractivity contribution is 0.0788. The summed E-state index contributed by atoms with van der Waals surface area (Å²) in [5, 5.41) is 10.2. The zero-order valence-corrected chi connectivity index (χ0v) is 15.8. The molecule has 0 aliphatic rings. The molecule has 0 saturated heterocycles. The van der Waals surface area contributed by atoms with Gasteiger partial charge in [0.25, 0.3) is 0 Å². The predicted octanol–water partition coefficient (Wildman–Crippen LogP) is 3.45. The summed E-state index contributed by atoms with van der Waals surface area (Å²) in [7, 11) is 1.72. The standard InChI is InChI=1S/C21H32N2O2/c1-4-8-21(24)17-22(13-14-25-3)16-20-11-7-12-23(20)15-19-10-6-5-9-18(19)2/h5-7,9-12,21,24H,4,8,13-17H2,1-3H3. The second kappa shape index (κ2) is 10.4. The number of hydrogen-bond donors (Lipinski definition) is 1. The first-order valence-corrected chi connectivity index (χ1v) is 9.22. The zero-order chi connectivity index (χ0) is 18.1. The van der Waals surface area contributed by atoms with Gasteiger partial charge in [-0.15, -0.1) is 0 Å². The Labute approximate surface area is 152 Å². The molecule has 2 aromatic rings. The van der Waals surface area contributed by atoms with Gasteiger partial charge in [0.05, 0.1) is 12.7 Å². The van der Waals surface area contributed by atoms with Crippen LogP contribution in [0.25, 0.3) is 0 Å². The van der Waals surface area contributed by atoms with Gasteiger partial charge in [-0.25, -0.2) is 0 Å². The van der Waals surface area contributed by atoms with Crippen molar-refractivity contribution in [1.82, 2.24) is 9.47 Å². The van der Waals surface area contributed by atoms with Gasteiger partial charge in [-0.2, -0.15) is 0 Å². The fourth-order valence-corrected chi connectivity index (χ4v) is 3.13. The van der Waals surface area contributed by atoms with E-state index in [0.717, 1.165) is 32.5 Å². The lowest BCUT2D eigenvalue weighted by Gasteiger charge is -2.25. The van der Waals surface area contributed by atoms with Gasteiger partial charge < -0.3 is 14.4 Å². The number of methoxy groups -OCH3 is 1. The van der Waals surface area contributed by atoms with E-state index in [2.05, 4.69) is 65.9 Å². The Morgan fingerprint density at radius 3 is 2.72 bits per heavy atom. The highest BCUT2D eigenvalue weighted by atomic mass is 16.5. The summed E-state index contributed by atoms with van der Waals surface area (Å²) in [6, 6.07) is 12.8. The van der Waals surface area contributed by atoms with E-state index in [1.165, 1.54) is 16.8 Å². The molecule has 4 nitrogen and oxygen atoms in total. The number of aliphatic hydroxyl groups is 1. The fraction of sp³-hybridized carbons (Fsp3) is 0.524. The van der Waals surface area contributed by atoms with Crippen LogP contribution in [0, 0.1) is 6.92 Å². The molecule has 1 heterocycles. The Bertz CT molecular complexity index is 624. The SMILES string of the molecule is CCCC(O)CN(CCOC)Cc1cccn1Cc1ccccc1C. The Balaban J connectivity index is 2.06. The molecule has 1 aromatic heterocycles. The monoisotopic (exact) mass is 344 g/mol. The number of ether oxygens (including phenoxy) is 1. The van der Waals surface area contributed by atoms with Gasteiger partial charge in [0.15, 0.2) is 0 Å². The molecule has 2 rings (SSSR count). The molecule has 0 aliphatic heterocycles. The molecule has 138 valence electrons. The molecule has 25 heavy (non-hydrogen) atoms. The van der Waals surface area contributed by atoms with Crippen molar-refractivity contribution in [3.63, 3.8) is 0 Å². The van der Waals surface area contributed by atoms with Gasteiger partial charge in [-0.3, -0.25) is 4.90 Å². The van der Waals surface area contributed by atoms with Gasteiger partial charge in [0.1, 0.15) is 0 Å². The van der Waals surface area contributed by atoms with Gasteiger partial charge in [-0.05, 0) is 36.6 Å². The van der Waals surface area contributed by atoms with E-state index in [1.807, 2.05) is 0 Å². The molecular formula is C21H32N2O2. The maximum Gasteiger partial charge on any atom is 0.0667 e. The van der Waals surface area contributed by atoms with Crippen LogP contribution in [-0.4, -0.2) is 47.5 Å². The third kappa shape index (κ3) is 6.31. The van der Waals surface area contributed by atoms with Crippen LogP contribution in [-0.2, 0) is 17.8 Å². The summed E-state index contributed by atoms with van der Waals surface area (Å²) in [5.41, 5.74) is 3.93. The number of aryl methyl sites for hydroxylation is 1. The molecule has 0 radical (unpaired) electrons. The molecule has 0 bridgehead atoms. The molecule has 0 saturated carbocycles. The third-order valence-corrected chi connectivity index (χ3v) is 4.61. The summed E-state index contributed by atoms with van der Waals surface area (Å²) in [4.78, 5) is 2.29. The number of hydrogen-bond acceptors (Lipinski definition) is 3. The Morgan fingerprint density at radius 2 is 2.00 bits per heavy atom. The zero-order valence-electron chi connectivity index (χ0n) is 15.8. The molecule has 1 unspecified atom stereocenters. The fourth-order valence-electron chi connectivity index (χ4n) is 3.13. The van der Waals surface area contributed by atoms with E-state index in [1.54, 1.807) is 7.11 Å². The normalized spacial score (nSPS) is 12.7. The quantitative estimate of drug-likeness (QED) is 0.678. The molecule has 4 heteroatoms. The minimum absolute atomic E-state index is 0.276. The molecule has 1 N–H and O–H groups in total. The van der Waals surface area contributed by atoms with Crippen LogP contribution < -0.4 is 0 Å². The first kappa shape index (κ1) is 19.7. The average Bonchev–Trinajstić information content (AvgIpc) is 3.02. The largest absolute Gasteiger partial charge is 0.392 e. The number of aromatic nitrogens is 1. The number of nitrogens with zero attached hydrogens (tertiary/aromatic N) is 2. The second-order valence-corrected chi connectivity index (χ2v) is 6.72. The summed E-state index contributed by atoms with van der Waals surface area (Å²) in [6.45, 7) is 8.16. The molecule has 0 amide bonds. The summed E-state index contributed by atoms with van der Waals surface area (Å²) >= 11 is 0. The Morgan fingerprint density at radius 1 is 1.20 bits per heavy atom. The van der Waals surface area contributed by atoms with Crippen molar-refractivity contribution in [3.05, 3.63) is 59.4 Å². The van der Waals surface area contributed by atoms with Crippen LogP contribution in [0.3, 0.4) is 0 Å². The van der Waals surface area contributed by atoms with E-state index in [4.69, 9.17) is 4.74 Å². The van der Waals surface area contributed by atoms with Crippen LogP contribution >= 0.6 is 0 Å². The summed E-state index contributed by atoms with van der Waals surface area (Å²) < 4.78 is 7.54. The predicted molar refractivity (Wildman–Crippen MR) is 103 cm³/mol. The van der Waals surface area contributed by atoms with E-state index in [-0.39, 0.29) is 6.10 Å². The molecule has 0 spiro atoms. The van der Waals surface area contributed by atoms with E-state index in [0.29, 0.717) is 13.2 Å². The van der Waals surface area contributed by atoms with Gasteiger partial charge in [0, 0.05) is 45.2 Å². The second-order valence-electron chi connectivity index (χ2n) is 6.72. The smallest absolute Gasteiger partial charge is 0.0667 e. The Kier molecular flexibility index (Phi) is 8.19. The van der Waals surface area contributed by atoms with Gasteiger partial charge in [-0.1, -0.05) is 37.6 Å². The van der Waals surface area contributed by atoms with Crippen molar-refractivity contribution >= 4 is 0 Å². The van der Waals surface area contributed by atoms with Gasteiger partial charge >= 0.3 is 0 Å². The summed E-state index contributed by atoms with van der Waals surface area (Å²) in [5.74, 6) is 0. The van der Waals surface area contributed by atoms with Crippen molar-refractivity contribution in [2.24, 2.45) is 0 Å². The van der Waals surface area contributed by atoms with Crippen LogP contribution in [0.4, 0.5) is 0 Å². The number of rotatable bonds is 11.